The summed E-state index contributed by atoms with van der Waals surface area (Å²) in [7, 11) is 0. The smallest absolute Gasteiger partial charge is 0.386 e. The molecule has 5 heteroatoms. The maximum atomic E-state index is 10.9. The third kappa shape index (κ3) is 7.68. The fourth-order valence-corrected chi connectivity index (χ4v) is 2.43. The SMILES string of the molecule is CCOc1cc(C([O])=O)ccc1CCCCCCCCOC=O. The highest BCUT2D eigenvalue weighted by atomic mass is 16.5. The molecule has 23 heavy (non-hydrogen) atoms. The molecule has 0 atom stereocenters. The molecular weight excluding hydrogens is 296 g/mol. The van der Waals surface area contributed by atoms with Gasteiger partial charge >= 0.3 is 5.97 Å². The molecule has 0 bridgehead atoms. The van der Waals surface area contributed by atoms with Crippen LogP contribution in [0.1, 0.15) is 61.4 Å². The highest BCUT2D eigenvalue weighted by Gasteiger charge is 2.10. The number of ether oxygens (including phenoxy) is 2. The zero-order valence-electron chi connectivity index (χ0n) is 13.7. The standard InChI is InChI=1S/C18H25O5/c1-2-23-17-13-16(18(20)21)11-10-15(17)9-7-5-3-4-6-8-12-22-14-19/h10-11,13-14H,2-9,12H2,1H3. The molecular formula is C18H25O5. The molecule has 1 aromatic rings. The molecule has 0 heterocycles. The van der Waals surface area contributed by atoms with Crippen LogP contribution in [0, 0.1) is 0 Å². The van der Waals surface area contributed by atoms with Crippen molar-refractivity contribution >= 4 is 12.4 Å². The Balaban J connectivity index is 2.31. The molecule has 0 amide bonds. The van der Waals surface area contributed by atoms with E-state index in [0.29, 0.717) is 25.4 Å². The van der Waals surface area contributed by atoms with Gasteiger partial charge in [0.2, 0.25) is 0 Å². The second kappa shape index (κ2) is 11.5. The Morgan fingerprint density at radius 2 is 1.78 bits per heavy atom. The number of carbonyl (C=O) groups excluding carboxylic acids is 2. The lowest BCUT2D eigenvalue weighted by molar-refractivity contribution is -0.128. The Bertz CT molecular complexity index is 484. The molecule has 0 saturated heterocycles. The van der Waals surface area contributed by atoms with Crippen molar-refractivity contribution in [2.24, 2.45) is 0 Å². The summed E-state index contributed by atoms with van der Waals surface area (Å²) in [5.74, 6) is -0.545. The van der Waals surface area contributed by atoms with Crippen molar-refractivity contribution in [1.29, 1.82) is 0 Å². The van der Waals surface area contributed by atoms with Crippen molar-refractivity contribution in [3.63, 3.8) is 0 Å². The van der Waals surface area contributed by atoms with E-state index < -0.39 is 5.97 Å². The van der Waals surface area contributed by atoms with E-state index in [4.69, 9.17) is 4.74 Å². The summed E-state index contributed by atoms with van der Waals surface area (Å²) in [6.07, 6.45) is 7.28. The van der Waals surface area contributed by atoms with Crippen molar-refractivity contribution in [1.82, 2.24) is 0 Å². The fourth-order valence-electron chi connectivity index (χ4n) is 2.43. The zero-order chi connectivity index (χ0) is 16.9. The number of hydrogen-bond donors (Lipinski definition) is 0. The second-order valence-corrected chi connectivity index (χ2v) is 5.38. The van der Waals surface area contributed by atoms with E-state index in [2.05, 4.69) is 4.74 Å². The minimum absolute atomic E-state index is 0.148. The van der Waals surface area contributed by atoms with E-state index in [1.165, 1.54) is 0 Å². The lowest BCUT2D eigenvalue weighted by Crippen LogP contribution is -2.01. The Morgan fingerprint density at radius 3 is 2.43 bits per heavy atom. The number of hydrogen-bond acceptors (Lipinski definition) is 4. The zero-order valence-corrected chi connectivity index (χ0v) is 13.7. The van der Waals surface area contributed by atoms with Crippen LogP contribution in [0.3, 0.4) is 0 Å². The molecule has 1 radical (unpaired) electrons. The van der Waals surface area contributed by atoms with Gasteiger partial charge in [-0.2, -0.15) is 0 Å². The Labute approximate surface area is 137 Å². The van der Waals surface area contributed by atoms with Gasteiger partial charge in [0.1, 0.15) is 5.75 Å². The average Bonchev–Trinajstić information content (AvgIpc) is 2.54. The lowest BCUT2D eigenvalue weighted by Gasteiger charge is -2.11. The summed E-state index contributed by atoms with van der Waals surface area (Å²) in [6, 6.07) is 4.92. The molecule has 1 rings (SSSR count). The van der Waals surface area contributed by atoms with Crippen LogP contribution in [0.25, 0.3) is 0 Å². The van der Waals surface area contributed by atoms with Crippen LogP contribution >= 0.6 is 0 Å². The first-order valence-corrected chi connectivity index (χ1v) is 8.21. The van der Waals surface area contributed by atoms with Crippen LogP contribution in [0.4, 0.5) is 0 Å². The summed E-state index contributed by atoms with van der Waals surface area (Å²) >= 11 is 0. The Hall–Kier alpha value is -2.04. The maximum Gasteiger partial charge on any atom is 0.386 e. The van der Waals surface area contributed by atoms with E-state index in [1.807, 2.05) is 13.0 Å². The molecule has 0 spiro atoms. The topological polar surface area (TPSA) is 72.5 Å². The van der Waals surface area contributed by atoms with Gasteiger partial charge in [0.05, 0.1) is 18.8 Å². The van der Waals surface area contributed by atoms with E-state index in [-0.39, 0.29) is 5.56 Å². The minimum Gasteiger partial charge on any atom is -0.494 e. The second-order valence-electron chi connectivity index (χ2n) is 5.38. The number of unbranched alkanes of at least 4 members (excludes halogenated alkanes) is 5. The van der Waals surface area contributed by atoms with Gasteiger partial charge in [-0.05, 0) is 43.9 Å². The molecule has 5 nitrogen and oxygen atoms in total. The van der Waals surface area contributed by atoms with E-state index >= 15 is 0 Å². The van der Waals surface area contributed by atoms with Crippen LogP contribution in [-0.2, 0) is 21.1 Å². The molecule has 0 N–H and O–H groups in total. The van der Waals surface area contributed by atoms with Crippen molar-refractivity contribution in [2.45, 2.75) is 51.9 Å². The van der Waals surface area contributed by atoms with Gasteiger partial charge in [-0.3, -0.25) is 4.79 Å². The van der Waals surface area contributed by atoms with Crippen LogP contribution < -0.4 is 4.74 Å². The number of aryl methyl sites for hydroxylation is 1. The third-order valence-corrected chi connectivity index (χ3v) is 3.63. The van der Waals surface area contributed by atoms with Gasteiger partial charge in [-0.15, -0.1) is 0 Å². The lowest BCUT2D eigenvalue weighted by atomic mass is 10.0. The Kier molecular flexibility index (Phi) is 9.52. The van der Waals surface area contributed by atoms with Gasteiger partial charge in [0, 0.05) is 0 Å². The van der Waals surface area contributed by atoms with E-state index in [0.717, 1.165) is 50.5 Å². The molecule has 1 aromatic carbocycles. The summed E-state index contributed by atoms with van der Waals surface area (Å²) in [4.78, 5) is 20.9. The van der Waals surface area contributed by atoms with Crippen LogP contribution in [0.2, 0.25) is 0 Å². The predicted octanol–water partition coefficient (Wildman–Crippen LogP) is 3.71. The maximum absolute atomic E-state index is 10.9. The molecule has 0 aromatic heterocycles. The van der Waals surface area contributed by atoms with Crippen molar-refractivity contribution < 1.29 is 24.2 Å². The Morgan fingerprint density at radius 1 is 1.09 bits per heavy atom. The normalized spacial score (nSPS) is 10.3. The average molecular weight is 321 g/mol. The number of rotatable bonds is 13. The van der Waals surface area contributed by atoms with E-state index in [9.17, 15) is 14.7 Å². The molecule has 0 fully saturated rings. The highest BCUT2D eigenvalue weighted by molar-refractivity contribution is 5.87. The molecule has 0 aliphatic rings. The van der Waals surface area contributed by atoms with Crippen molar-refractivity contribution in [3.8, 4) is 5.75 Å². The van der Waals surface area contributed by atoms with E-state index in [1.54, 1.807) is 12.1 Å². The fraction of sp³-hybridized carbons (Fsp3) is 0.556. The van der Waals surface area contributed by atoms with Gasteiger partial charge in [-0.25, -0.2) is 9.90 Å². The molecule has 127 valence electrons. The van der Waals surface area contributed by atoms with Crippen molar-refractivity contribution in [2.75, 3.05) is 13.2 Å². The van der Waals surface area contributed by atoms with Gasteiger partial charge < -0.3 is 9.47 Å². The van der Waals surface area contributed by atoms with Crippen molar-refractivity contribution in [3.05, 3.63) is 29.3 Å². The monoisotopic (exact) mass is 321 g/mol. The first-order valence-electron chi connectivity index (χ1n) is 8.21. The molecule has 0 aliphatic carbocycles. The van der Waals surface area contributed by atoms with Gasteiger partial charge in [-0.1, -0.05) is 31.7 Å². The minimum atomic E-state index is -1.18. The third-order valence-electron chi connectivity index (χ3n) is 3.63. The first kappa shape index (κ1) is 19.0. The number of benzene rings is 1. The predicted molar refractivity (Wildman–Crippen MR) is 86.1 cm³/mol. The number of carbonyl (C=O) groups is 2. The summed E-state index contributed by atoms with van der Waals surface area (Å²) in [5.41, 5.74) is 1.19. The molecule has 0 aliphatic heterocycles. The summed E-state index contributed by atoms with van der Waals surface area (Å²) < 4.78 is 10.2. The molecule has 0 saturated carbocycles. The van der Waals surface area contributed by atoms with Gasteiger partial charge in [0.25, 0.3) is 6.47 Å². The summed E-state index contributed by atoms with van der Waals surface area (Å²) in [5, 5.41) is 10.9. The highest BCUT2D eigenvalue weighted by Crippen LogP contribution is 2.23. The quantitative estimate of drug-likeness (QED) is 0.410. The van der Waals surface area contributed by atoms with Gasteiger partial charge in [0.15, 0.2) is 0 Å². The largest absolute Gasteiger partial charge is 0.494 e. The van der Waals surface area contributed by atoms with Crippen LogP contribution in [0.15, 0.2) is 18.2 Å². The first-order chi connectivity index (χ1) is 11.2. The molecule has 0 unspecified atom stereocenters. The van der Waals surface area contributed by atoms with Crippen LogP contribution in [0.5, 0.6) is 5.75 Å². The summed E-state index contributed by atoms with van der Waals surface area (Å²) in [6.45, 7) is 3.38. The van der Waals surface area contributed by atoms with Crippen LogP contribution in [-0.4, -0.2) is 25.7 Å².